The van der Waals surface area contributed by atoms with Crippen LogP contribution in [0.1, 0.15) is 54.1 Å². The Hall–Kier alpha value is -3.48. The lowest BCUT2D eigenvalue weighted by molar-refractivity contribution is 0.0215. The molecule has 2 aromatic carbocycles. The van der Waals surface area contributed by atoms with Gasteiger partial charge in [-0.2, -0.15) is 4.31 Å². The Labute approximate surface area is 238 Å². The van der Waals surface area contributed by atoms with Gasteiger partial charge in [0.25, 0.3) is 10.0 Å². The highest BCUT2D eigenvalue weighted by molar-refractivity contribution is 7.93. The number of hydrogen-bond donors (Lipinski definition) is 2. The quantitative estimate of drug-likeness (QED) is 0.468. The number of carboxylic acids is 1. The number of halogens is 1. The highest BCUT2D eigenvalue weighted by Gasteiger charge is 2.47. The van der Waals surface area contributed by atoms with Crippen molar-refractivity contribution in [3.63, 3.8) is 0 Å². The van der Waals surface area contributed by atoms with E-state index in [1.807, 2.05) is 0 Å². The molecule has 0 bridgehead atoms. The highest BCUT2D eigenvalue weighted by Crippen LogP contribution is 2.55. The topological polar surface area (TPSA) is 134 Å². The number of aliphatic hydroxyl groups is 1. The first-order chi connectivity index (χ1) is 19.3. The number of ether oxygens (including phenoxy) is 2. The number of amides is 1. The number of fused-ring (bicyclic) bond motifs is 3. The number of aromatic carboxylic acids is 1. The molecule has 2 aliphatic heterocycles. The number of anilines is 1. The van der Waals surface area contributed by atoms with Crippen LogP contribution in [-0.2, 0) is 14.8 Å². The molecular formula is C29H33FN2O8S. The number of likely N-dealkylation sites (tertiary alicyclic amines) is 1. The third-order valence-electron chi connectivity index (χ3n) is 8.13. The Kier molecular flexibility index (Phi) is 7.60. The first-order valence-corrected chi connectivity index (χ1v) is 14.8. The van der Waals surface area contributed by atoms with E-state index in [2.05, 4.69) is 4.90 Å². The molecule has 1 unspecified atom stereocenters. The van der Waals surface area contributed by atoms with Gasteiger partial charge in [-0.1, -0.05) is 18.2 Å². The maximum Gasteiger partial charge on any atom is 0.428 e. The van der Waals surface area contributed by atoms with Crippen molar-refractivity contribution >= 4 is 33.8 Å². The average molecular weight is 589 g/mol. The molecule has 2 heterocycles. The van der Waals surface area contributed by atoms with Crippen LogP contribution >= 0.6 is 0 Å². The molecule has 220 valence electrons. The van der Waals surface area contributed by atoms with E-state index in [1.54, 1.807) is 26.0 Å². The molecule has 12 heteroatoms. The van der Waals surface area contributed by atoms with Crippen LogP contribution in [0, 0.1) is 17.7 Å². The first-order valence-electron chi connectivity index (χ1n) is 13.4. The molecule has 2 aromatic rings. The first kappa shape index (κ1) is 29.0. The van der Waals surface area contributed by atoms with Gasteiger partial charge in [0, 0.05) is 24.9 Å². The van der Waals surface area contributed by atoms with Crippen LogP contribution in [0.2, 0.25) is 0 Å². The zero-order valence-corrected chi connectivity index (χ0v) is 23.9. The fourth-order valence-corrected chi connectivity index (χ4v) is 7.25. The fourth-order valence-electron chi connectivity index (χ4n) is 5.71. The third kappa shape index (κ3) is 5.55. The molecule has 1 aliphatic carbocycles. The van der Waals surface area contributed by atoms with Crippen LogP contribution in [-0.4, -0.2) is 74.5 Å². The minimum absolute atomic E-state index is 0.0240. The zero-order valence-electron chi connectivity index (χ0n) is 23.0. The molecule has 3 aliphatic rings. The second kappa shape index (κ2) is 10.7. The van der Waals surface area contributed by atoms with Gasteiger partial charge in [-0.05, 0) is 74.5 Å². The summed E-state index contributed by atoms with van der Waals surface area (Å²) in [4.78, 5) is 27.1. The van der Waals surface area contributed by atoms with Gasteiger partial charge in [0.15, 0.2) is 0 Å². The van der Waals surface area contributed by atoms with Gasteiger partial charge in [-0.25, -0.2) is 22.4 Å². The predicted octanol–water partition coefficient (Wildman–Crippen LogP) is 4.09. The summed E-state index contributed by atoms with van der Waals surface area (Å²) in [7, 11) is -3.82. The molecule has 1 saturated carbocycles. The van der Waals surface area contributed by atoms with Crippen LogP contribution in [0.3, 0.4) is 0 Å². The second-order valence-electron chi connectivity index (χ2n) is 11.3. The number of sulfonamides is 1. The van der Waals surface area contributed by atoms with Crippen LogP contribution < -0.4 is 9.04 Å². The molecule has 1 amide bonds. The summed E-state index contributed by atoms with van der Waals surface area (Å²) in [5.74, 6) is -1.63. The lowest BCUT2D eigenvalue weighted by Crippen LogP contribution is -2.38. The standard InChI is InChI=1S/C29H33FN2O8S/c1-29(2,36)19-10-12-31(15-19)11-4-5-17-13-20(30)6-9-24(17)41(37,38)32(28(35)39-3)23-8-7-21-22-14-18(22)16-40-26(21)25(23)27(33)34/h4-9,13,18-19,22,36H,10-12,14-16H2,1-3H3,(H,33,34)/t18-,19?,22-/m0/s1. The molecule has 0 aromatic heterocycles. The molecule has 41 heavy (non-hydrogen) atoms. The Balaban J connectivity index is 1.52. The molecule has 10 nitrogen and oxygen atoms in total. The number of hydrogen-bond acceptors (Lipinski definition) is 8. The van der Waals surface area contributed by atoms with Crippen molar-refractivity contribution in [1.29, 1.82) is 0 Å². The third-order valence-corrected chi connectivity index (χ3v) is 9.88. The monoisotopic (exact) mass is 588 g/mol. The normalized spacial score (nSPS) is 22.1. The minimum Gasteiger partial charge on any atom is -0.492 e. The summed E-state index contributed by atoms with van der Waals surface area (Å²) in [6.45, 7) is 5.65. The fraction of sp³-hybridized carbons (Fsp3) is 0.448. The van der Waals surface area contributed by atoms with E-state index in [0.29, 0.717) is 25.3 Å². The highest BCUT2D eigenvalue weighted by atomic mass is 32.2. The van der Waals surface area contributed by atoms with E-state index in [1.165, 1.54) is 12.1 Å². The summed E-state index contributed by atoms with van der Waals surface area (Å²) in [5, 5.41) is 20.4. The molecule has 2 N–H and O–H groups in total. The Morgan fingerprint density at radius 2 is 2.02 bits per heavy atom. The van der Waals surface area contributed by atoms with Crippen molar-refractivity contribution < 1.29 is 42.1 Å². The van der Waals surface area contributed by atoms with E-state index < -0.39 is 49.7 Å². The predicted molar refractivity (Wildman–Crippen MR) is 148 cm³/mol. The Bertz CT molecular complexity index is 1520. The molecule has 5 rings (SSSR count). The minimum atomic E-state index is -4.80. The smallest absolute Gasteiger partial charge is 0.428 e. The number of nitrogens with zero attached hydrogens (tertiary/aromatic N) is 2. The van der Waals surface area contributed by atoms with Crippen molar-refractivity contribution in [3.8, 4) is 5.75 Å². The molecule has 0 spiro atoms. The summed E-state index contributed by atoms with van der Waals surface area (Å²) >= 11 is 0. The summed E-state index contributed by atoms with van der Waals surface area (Å²) in [5.41, 5.74) is -1.09. The van der Waals surface area contributed by atoms with E-state index in [-0.39, 0.29) is 33.4 Å². The van der Waals surface area contributed by atoms with Crippen molar-refractivity contribution in [2.75, 3.05) is 37.7 Å². The molecule has 1 saturated heterocycles. The number of rotatable bonds is 8. The van der Waals surface area contributed by atoms with Crippen LogP contribution in [0.4, 0.5) is 14.9 Å². The maximum absolute atomic E-state index is 14.3. The van der Waals surface area contributed by atoms with Crippen molar-refractivity contribution in [2.24, 2.45) is 11.8 Å². The van der Waals surface area contributed by atoms with E-state index >= 15 is 0 Å². The lowest BCUT2D eigenvalue weighted by Gasteiger charge is -2.26. The molecule has 3 atom stereocenters. The summed E-state index contributed by atoms with van der Waals surface area (Å²) in [6, 6.07) is 5.87. The zero-order chi connectivity index (χ0) is 29.7. The van der Waals surface area contributed by atoms with E-state index in [4.69, 9.17) is 9.47 Å². The lowest BCUT2D eigenvalue weighted by atomic mass is 9.90. The van der Waals surface area contributed by atoms with Gasteiger partial charge >= 0.3 is 12.1 Å². The number of carbonyl (C=O) groups excluding carboxylic acids is 1. The summed E-state index contributed by atoms with van der Waals surface area (Å²) in [6.07, 6.45) is 3.45. The van der Waals surface area contributed by atoms with Crippen molar-refractivity contribution in [3.05, 3.63) is 58.9 Å². The van der Waals surface area contributed by atoms with Gasteiger partial charge in [0.2, 0.25) is 0 Å². The van der Waals surface area contributed by atoms with Gasteiger partial charge in [0.05, 0.1) is 29.9 Å². The number of benzene rings is 2. The average Bonchev–Trinajstić information content (AvgIpc) is 3.54. The number of carbonyl (C=O) groups is 2. The maximum atomic E-state index is 14.3. The molecular weight excluding hydrogens is 555 g/mol. The van der Waals surface area contributed by atoms with Crippen LogP contribution in [0.5, 0.6) is 5.75 Å². The second-order valence-corrected chi connectivity index (χ2v) is 13.1. The van der Waals surface area contributed by atoms with Crippen molar-refractivity contribution in [2.45, 2.75) is 43.1 Å². The summed E-state index contributed by atoms with van der Waals surface area (Å²) < 4.78 is 53.2. The van der Waals surface area contributed by atoms with E-state index in [0.717, 1.165) is 44.7 Å². The van der Waals surface area contributed by atoms with Gasteiger partial charge in [0.1, 0.15) is 17.1 Å². The largest absolute Gasteiger partial charge is 0.492 e. The van der Waals surface area contributed by atoms with E-state index in [9.17, 15) is 32.6 Å². The van der Waals surface area contributed by atoms with Gasteiger partial charge < -0.3 is 19.7 Å². The SMILES string of the molecule is COC(=O)N(c1ccc2c(c1C(=O)O)OC[C@@H]1C[C@H]21)S(=O)(=O)c1ccc(F)cc1C=CCN1CCC(C(C)(C)O)C1. The molecule has 0 radical (unpaired) electrons. The van der Waals surface area contributed by atoms with Crippen LogP contribution in [0.25, 0.3) is 6.08 Å². The molecule has 2 fully saturated rings. The van der Waals surface area contributed by atoms with Crippen LogP contribution in [0.15, 0.2) is 41.3 Å². The van der Waals surface area contributed by atoms with Crippen molar-refractivity contribution in [1.82, 2.24) is 4.90 Å². The Morgan fingerprint density at radius 1 is 1.27 bits per heavy atom. The van der Waals surface area contributed by atoms with Gasteiger partial charge in [-0.3, -0.25) is 4.90 Å². The number of methoxy groups -OCH3 is 1. The number of carboxylic acid groups (broad SMARTS) is 1. The Morgan fingerprint density at radius 3 is 2.68 bits per heavy atom. The van der Waals surface area contributed by atoms with Gasteiger partial charge in [-0.15, -0.1) is 0 Å².